The third-order valence-electron chi connectivity index (χ3n) is 7.99. The van der Waals surface area contributed by atoms with E-state index in [1.165, 1.54) is 6.92 Å². The normalized spacial score (nSPS) is 25.2. The van der Waals surface area contributed by atoms with Gasteiger partial charge in [-0.3, -0.25) is 24.0 Å². The summed E-state index contributed by atoms with van der Waals surface area (Å²) in [6.45, 7) is 12.3. The Hall–Kier alpha value is -3.96. The predicted octanol–water partition coefficient (Wildman–Crippen LogP) is 2.15. The van der Waals surface area contributed by atoms with Crippen molar-refractivity contribution in [2.24, 2.45) is 17.8 Å². The van der Waals surface area contributed by atoms with Crippen molar-refractivity contribution in [1.29, 1.82) is 0 Å². The van der Waals surface area contributed by atoms with E-state index >= 15 is 0 Å². The van der Waals surface area contributed by atoms with Crippen LogP contribution in [0.1, 0.15) is 86.1 Å². The molecule has 2 rings (SSSR count). The van der Waals surface area contributed by atoms with E-state index in [9.17, 15) is 28.8 Å². The van der Waals surface area contributed by atoms with Crippen molar-refractivity contribution < 1.29 is 33.5 Å². The van der Waals surface area contributed by atoms with Gasteiger partial charge < -0.3 is 31.3 Å². The van der Waals surface area contributed by atoms with Gasteiger partial charge >= 0.3 is 5.97 Å². The van der Waals surface area contributed by atoms with Gasteiger partial charge in [0.25, 0.3) is 0 Å². The van der Waals surface area contributed by atoms with Gasteiger partial charge in [-0.25, -0.2) is 4.79 Å². The number of hydrogen-bond donors (Lipinski definition) is 5. The van der Waals surface area contributed by atoms with E-state index in [1.54, 1.807) is 13.8 Å². The van der Waals surface area contributed by atoms with E-state index in [4.69, 9.17) is 4.74 Å². The summed E-state index contributed by atoms with van der Waals surface area (Å²) in [5, 5.41) is 13.4. The Morgan fingerprint density at radius 3 is 2.07 bits per heavy atom. The van der Waals surface area contributed by atoms with Gasteiger partial charge in [-0.15, -0.1) is 0 Å². The second kappa shape index (κ2) is 18.9. The van der Waals surface area contributed by atoms with Gasteiger partial charge in [-0.1, -0.05) is 84.7 Å². The zero-order valence-corrected chi connectivity index (χ0v) is 28.3. The molecule has 5 amide bonds. The SMILES string of the molecule is CCCC[C@H](C)[C@@H]1CC(=O)NCC(=O)N[C@@H](C(C)C)C(=O)N[C@H](CC(C)C)C(=O)N[C@@H](C)C(=O)N[C@@H](Cc2ccccc2)C(=O)O1. The molecule has 6 atom stereocenters. The molecule has 0 aromatic heterocycles. The Labute approximate surface area is 272 Å². The number of esters is 1. The molecule has 0 aliphatic carbocycles. The van der Waals surface area contributed by atoms with Crippen molar-refractivity contribution in [1.82, 2.24) is 26.6 Å². The van der Waals surface area contributed by atoms with E-state index in [0.29, 0.717) is 6.42 Å². The van der Waals surface area contributed by atoms with E-state index < -0.39 is 65.8 Å². The summed E-state index contributed by atoms with van der Waals surface area (Å²) >= 11 is 0. The molecular weight excluding hydrogens is 590 g/mol. The van der Waals surface area contributed by atoms with Crippen molar-refractivity contribution >= 4 is 35.5 Å². The van der Waals surface area contributed by atoms with E-state index in [2.05, 4.69) is 26.6 Å². The van der Waals surface area contributed by atoms with Crippen LogP contribution in [-0.2, 0) is 39.9 Å². The molecule has 1 saturated heterocycles. The van der Waals surface area contributed by atoms with Gasteiger partial charge in [0.15, 0.2) is 0 Å². The molecule has 12 heteroatoms. The van der Waals surface area contributed by atoms with Crippen LogP contribution in [-0.4, -0.2) is 72.3 Å². The van der Waals surface area contributed by atoms with E-state index in [-0.39, 0.29) is 43.6 Å². The summed E-state index contributed by atoms with van der Waals surface area (Å²) in [6.07, 6.45) is 1.87. The van der Waals surface area contributed by atoms with Gasteiger partial charge in [-0.05, 0) is 43.1 Å². The zero-order valence-electron chi connectivity index (χ0n) is 28.3. The first kappa shape index (κ1) is 38.2. The molecule has 1 aromatic rings. The number of amides is 5. The minimum Gasteiger partial charge on any atom is -0.460 e. The van der Waals surface area contributed by atoms with E-state index in [0.717, 1.165) is 18.4 Å². The number of benzene rings is 1. The number of carbonyl (C=O) groups excluding carboxylic acids is 6. The van der Waals surface area contributed by atoms with Crippen molar-refractivity contribution in [2.75, 3.05) is 6.54 Å². The van der Waals surface area contributed by atoms with Gasteiger partial charge in [0, 0.05) is 6.42 Å². The molecule has 1 fully saturated rings. The molecule has 1 heterocycles. The van der Waals surface area contributed by atoms with Gasteiger partial charge in [0.2, 0.25) is 29.5 Å². The Bertz CT molecular complexity index is 1190. The number of cyclic esters (lactones) is 1. The van der Waals surface area contributed by atoms with Crippen LogP contribution in [0.15, 0.2) is 30.3 Å². The molecule has 1 aliphatic rings. The standard InChI is InChI=1S/C34H53N5O7/c1-8-9-13-22(6)27-18-28(40)35-19-29(41)39-30(21(4)5)33(44)37-25(16-20(2)3)32(43)36-23(7)31(42)38-26(34(45)46-27)17-24-14-11-10-12-15-24/h10-12,14-15,20-23,25-27,30H,8-9,13,16-19H2,1-7H3,(H,35,40)(H,36,43)(H,37,44)(H,38,42)(H,39,41)/t22-,23-,25+,26-,27-,30-/m0/s1. The number of unbranched alkanes of at least 4 members (excludes halogenated alkanes) is 1. The van der Waals surface area contributed by atoms with Crippen LogP contribution in [0.4, 0.5) is 0 Å². The van der Waals surface area contributed by atoms with Gasteiger partial charge in [0.1, 0.15) is 30.3 Å². The van der Waals surface area contributed by atoms with Crippen molar-refractivity contribution in [3.8, 4) is 0 Å². The lowest BCUT2D eigenvalue weighted by atomic mass is 9.95. The second-order valence-corrected chi connectivity index (χ2v) is 13.0. The van der Waals surface area contributed by atoms with E-state index in [1.807, 2.05) is 58.0 Å². The van der Waals surface area contributed by atoms with Crippen molar-refractivity contribution in [3.05, 3.63) is 35.9 Å². The molecule has 1 aliphatic heterocycles. The van der Waals surface area contributed by atoms with Gasteiger partial charge in [0.05, 0.1) is 13.0 Å². The average Bonchev–Trinajstić information content (AvgIpc) is 2.99. The molecule has 0 radical (unpaired) electrons. The number of rotatable bonds is 9. The fourth-order valence-corrected chi connectivity index (χ4v) is 5.18. The van der Waals surface area contributed by atoms with Crippen LogP contribution in [0.25, 0.3) is 0 Å². The maximum absolute atomic E-state index is 13.7. The smallest absolute Gasteiger partial charge is 0.329 e. The van der Waals surface area contributed by atoms with Crippen LogP contribution in [0.5, 0.6) is 0 Å². The summed E-state index contributed by atoms with van der Waals surface area (Å²) in [4.78, 5) is 79.6. The number of carbonyl (C=O) groups is 6. The molecule has 0 bridgehead atoms. The summed E-state index contributed by atoms with van der Waals surface area (Å²) in [7, 11) is 0. The first-order chi connectivity index (χ1) is 21.7. The quantitative estimate of drug-likeness (QED) is 0.257. The minimum absolute atomic E-state index is 0.0155. The third kappa shape index (κ3) is 12.8. The zero-order chi connectivity index (χ0) is 34.4. The minimum atomic E-state index is -1.11. The Morgan fingerprint density at radius 2 is 1.46 bits per heavy atom. The maximum Gasteiger partial charge on any atom is 0.329 e. The molecule has 12 nitrogen and oxygen atoms in total. The molecular formula is C34H53N5O7. The summed E-state index contributed by atoms with van der Waals surface area (Å²) in [6, 6.07) is 4.99. The van der Waals surface area contributed by atoms with Crippen LogP contribution in [0, 0.1) is 17.8 Å². The summed E-state index contributed by atoms with van der Waals surface area (Å²) < 4.78 is 5.93. The monoisotopic (exact) mass is 643 g/mol. The summed E-state index contributed by atoms with van der Waals surface area (Å²) in [5.74, 6) is -4.03. The largest absolute Gasteiger partial charge is 0.460 e. The lowest BCUT2D eigenvalue weighted by Gasteiger charge is -2.28. The molecule has 0 spiro atoms. The Kier molecular flexibility index (Phi) is 15.7. The highest BCUT2D eigenvalue weighted by Crippen LogP contribution is 2.20. The third-order valence-corrected chi connectivity index (χ3v) is 7.99. The highest BCUT2D eigenvalue weighted by atomic mass is 16.5. The topological polar surface area (TPSA) is 172 Å². The molecule has 0 unspecified atom stereocenters. The number of nitrogens with one attached hydrogen (secondary N) is 5. The molecule has 46 heavy (non-hydrogen) atoms. The number of ether oxygens (including phenoxy) is 1. The van der Waals surface area contributed by atoms with Crippen LogP contribution >= 0.6 is 0 Å². The Morgan fingerprint density at radius 1 is 0.804 bits per heavy atom. The second-order valence-electron chi connectivity index (χ2n) is 13.0. The van der Waals surface area contributed by atoms with Crippen LogP contribution in [0.3, 0.4) is 0 Å². The number of hydrogen-bond acceptors (Lipinski definition) is 7. The average molecular weight is 644 g/mol. The van der Waals surface area contributed by atoms with Crippen LogP contribution < -0.4 is 26.6 Å². The first-order valence-corrected chi connectivity index (χ1v) is 16.4. The molecule has 1 aromatic carbocycles. The molecule has 0 saturated carbocycles. The lowest BCUT2D eigenvalue weighted by molar-refractivity contribution is -0.157. The van der Waals surface area contributed by atoms with Crippen LogP contribution in [0.2, 0.25) is 0 Å². The first-order valence-electron chi connectivity index (χ1n) is 16.4. The van der Waals surface area contributed by atoms with Gasteiger partial charge in [-0.2, -0.15) is 0 Å². The predicted molar refractivity (Wildman–Crippen MR) is 174 cm³/mol. The molecule has 256 valence electrons. The lowest BCUT2D eigenvalue weighted by Crippen LogP contribution is -2.58. The highest BCUT2D eigenvalue weighted by Gasteiger charge is 2.34. The van der Waals surface area contributed by atoms with Crippen molar-refractivity contribution in [2.45, 2.75) is 117 Å². The Balaban J connectivity index is 2.47. The fraction of sp³-hybridized carbons (Fsp3) is 0.647. The highest BCUT2D eigenvalue weighted by molar-refractivity contribution is 5.95. The fourth-order valence-electron chi connectivity index (χ4n) is 5.18. The van der Waals surface area contributed by atoms with Crippen molar-refractivity contribution in [3.63, 3.8) is 0 Å². The maximum atomic E-state index is 13.7. The summed E-state index contributed by atoms with van der Waals surface area (Å²) in [5.41, 5.74) is 0.776. The molecule has 5 N–H and O–H groups in total.